The second-order valence-corrected chi connectivity index (χ2v) is 4.30. The predicted molar refractivity (Wildman–Crippen MR) is 63.8 cm³/mol. The molecule has 1 aromatic carbocycles. The molecule has 0 saturated heterocycles. The van der Waals surface area contributed by atoms with Gasteiger partial charge < -0.3 is 4.90 Å². The van der Waals surface area contributed by atoms with Gasteiger partial charge in [0.15, 0.2) is 0 Å². The van der Waals surface area contributed by atoms with Gasteiger partial charge in [0.1, 0.15) is 11.2 Å². The Morgan fingerprint density at radius 2 is 2.13 bits per heavy atom. The number of fused-ring (bicyclic) bond motifs is 3. The highest BCUT2D eigenvalue weighted by Crippen LogP contribution is 2.42. The second-order valence-electron chi connectivity index (χ2n) is 3.92. The second kappa shape index (κ2) is 3.11. The molecule has 0 bridgehead atoms. The van der Waals surface area contributed by atoms with Crippen molar-refractivity contribution >= 4 is 22.5 Å². The van der Waals surface area contributed by atoms with Crippen molar-refractivity contribution in [2.45, 2.75) is 12.1 Å². The lowest BCUT2D eigenvalue weighted by molar-refractivity contribution is 0.651. The first kappa shape index (κ1) is 8.98. The van der Waals surface area contributed by atoms with Gasteiger partial charge in [0.2, 0.25) is 0 Å². The molecule has 2 atom stereocenters. The summed E-state index contributed by atoms with van der Waals surface area (Å²) in [5.74, 6) is 0. The van der Waals surface area contributed by atoms with Gasteiger partial charge in [0.25, 0.3) is 0 Å². The van der Waals surface area contributed by atoms with Gasteiger partial charge in [-0.2, -0.15) is 0 Å². The van der Waals surface area contributed by atoms with Crippen molar-refractivity contribution in [3.63, 3.8) is 0 Å². The van der Waals surface area contributed by atoms with Gasteiger partial charge in [-0.1, -0.05) is 35.9 Å². The number of anilines is 1. The Labute approximate surface area is 93.9 Å². The number of aliphatic imine (C=N–C) groups is 1. The molecular formula is C12H11ClN2. The molecule has 0 spiro atoms. The maximum Gasteiger partial charge on any atom is 0.124 e. The summed E-state index contributed by atoms with van der Waals surface area (Å²) in [5, 5.41) is 0.598. The molecule has 2 aliphatic rings. The molecule has 2 aliphatic heterocycles. The van der Waals surface area contributed by atoms with E-state index in [4.69, 9.17) is 11.6 Å². The van der Waals surface area contributed by atoms with E-state index < -0.39 is 0 Å². The van der Waals surface area contributed by atoms with Crippen molar-refractivity contribution in [1.82, 2.24) is 0 Å². The van der Waals surface area contributed by atoms with E-state index in [2.05, 4.69) is 47.3 Å². The van der Waals surface area contributed by atoms with E-state index in [1.54, 1.807) is 0 Å². The number of hydrogen-bond donors (Lipinski definition) is 0. The lowest BCUT2D eigenvalue weighted by Gasteiger charge is -2.23. The molecule has 0 amide bonds. The number of halogens is 1. The molecule has 0 aliphatic carbocycles. The standard InChI is InChI=1S/C12H11ClN2/c1-15-9-5-3-2-4-8(9)12-10(15)6-7-11(13)14-12/h2-7,10,12H,1H3. The summed E-state index contributed by atoms with van der Waals surface area (Å²) in [6.45, 7) is 0. The van der Waals surface area contributed by atoms with E-state index in [1.165, 1.54) is 11.3 Å². The van der Waals surface area contributed by atoms with Crippen molar-refractivity contribution in [1.29, 1.82) is 0 Å². The summed E-state index contributed by atoms with van der Waals surface area (Å²) in [6, 6.07) is 8.86. The fourth-order valence-electron chi connectivity index (χ4n) is 2.35. The third kappa shape index (κ3) is 1.21. The molecule has 0 saturated carbocycles. The van der Waals surface area contributed by atoms with Crippen LogP contribution in [0.5, 0.6) is 0 Å². The molecule has 3 heteroatoms. The smallest absolute Gasteiger partial charge is 0.124 e. The van der Waals surface area contributed by atoms with Crippen molar-refractivity contribution < 1.29 is 0 Å². The van der Waals surface area contributed by atoms with Crippen LogP contribution in [0, 0.1) is 0 Å². The summed E-state index contributed by atoms with van der Waals surface area (Å²) < 4.78 is 0. The maximum atomic E-state index is 5.94. The number of nitrogens with zero attached hydrogens (tertiary/aromatic N) is 2. The number of dihydropyridines is 1. The Morgan fingerprint density at radius 3 is 3.00 bits per heavy atom. The fraction of sp³-hybridized carbons (Fsp3) is 0.250. The third-order valence-electron chi connectivity index (χ3n) is 3.10. The summed E-state index contributed by atoms with van der Waals surface area (Å²) in [4.78, 5) is 6.74. The Kier molecular flexibility index (Phi) is 1.86. The summed E-state index contributed by atoms with van der Waals surface area (Å²) >= 11 is 5.94. The number of benzene rings is 1. The molecular weight excluding hydrogens is 208 g/mol. The lowest BCUT2D eigenvalue weighted by Crippen LogP contribution is -2.29. The monoisotopic (exact) mass is 218 g/mol. The highest BCUT2D eigenvalue weighted by atomic mass is 35.5. The number of likely N-dealkylation sites (N-methyl/N-ethyl adjacent to an activating group) is 1. The number of hydrogen-bond acceptors (Lipinski definition) is 2. The van der Waals surface area contributed by atoms with Crippen LogP contribution in [0.3, 0.4) is 0 Å². The van der Waals surface area contributed by atoms with E-state index in [0.717, 1.165) is 0 Å². The Hall–Kier alpha value is -1.28. The van der Waals surface area contributed by atoms with Gasteiger partial charge in [-0.05, 0) is 12.1 Å². The minimum atomic E-state index is 0.170. The zero-order chi connectivity index (χ0) is 10.4. The highest BCUT2D eigenvalue weighted by molar-refractivity contribution is 6.68. The third-order valence-corrected chi connectivity index (χ3v) is 3.32. The normalized spacial score (nSPS) is 27.3. The van der Waals surface area contributed by atoms with Gasteiger partial charge in [-0.15, -0.1) is 0 Å². The van der Waals surface area contributed by atoms with Crippen molar-refractivity contribution in [2.75, 3.05) is 11.9 Å². The van der Waals surface area contributed by atoms with E-state index >= 15 is 0 Å². The topological polar surface area (TPSA) is 15.6 Å². The van der Waals surface area contributed by atoms with Crippen molar-refractivity contribution in [3.8, 4) is 0 Å². The van der Waals surface area contributed by atoms with Gasteiger partial charge >= 0.3 is 0 Å². The van der Waals surface area contributed by atoms with Gasteiger partial charge in [0, 0.05) is 18.3 Å². The van der Waals surface area contributed by atoms with Crippen LogP contribution in [0.4, 0.5) is 5.69 Å². The zero-order valence-corrected chi connectivity index (χ0v) is 9.15. The molecule has 3 rings (SSSR count). The van der Waals surface area contributed by atoms with Crippen LogP contribution < -0.4 is 4.90 Å². The minimum absolute atomic E-state index is 0.170. The highest BCUT2D eigenvalue weighted by Gasteiger charge is 2.35. The Balaban J connectivity index is 2.15. The van der Waals surface area contributed by atoms with Gasteiger partial charge in [-0.25, -0.2) is 0 Å². The summed E-state index contributed by atoms with van der Waals surface area (Å²) in [7, 11) is 2.10. The van der Waals surface area contributed by atoms with Crippen molar-refractivity contribution in [3.05, 3.63) is 42.0 Å². The van der Waals surface area contributed by atoms with E-state index in [9.17, 15) is 0 Å². The van der Waals surface area contributed by atoms with Crippen LogP contribution in [0.2, 0.25) is 0 Å². The molecule has 2 nitrogen and oxygen atoms in total. The van der Waals surface area contributed by atoms with Gasteiger partial charge in [0.05, 0.1) is 6.04 Å². The maximum absolute atomic E-state index is 5.94. The molecule has 2 unspecified atom stereocenters. The average Bonchev–Trinajstić information content (AvgIpc) is 2.54. The summed E-state index contributed by atoms with van der Waals surface area (Å²) in [5.41, 5.74) is 2.53. The first-order valence-electron chi connectivity index (χ1n) is 5.00. The van der Waals surface area contributed by atoms with Crippen LogP contribution in [0.15, 0.2) is 41.4 Å². The molecule has 0 radical (unpaired) electrons. The molecule has 0 aromatic heterocycles. The average molecular weight is 219 g/mol. The first-order chi connectivity index (χ1) is 7.27. The first-order valence-corrected chi connectivity index (χ1v) is 5.38. The largest absolute Gasteiger partial charge is 0.365 e. The molecule has 0 N–H and O–H groups in total. The molecule has 0 fully saturated rings. The van der Waals surface area contributed by atoms with Crippen LogP contribution in [0.1, 0.15) is 11.6 Å². The quantitative estimate of drug-likeness (QED) is 0.654. The SMILES string of the molecule is CN1c2ccccc2C2N=C(Cl)C=CC21. The molecule has 76 valence electrons. The van der Waals surface area contributed by atoms with Crippen LogP contribution in [-0.2, 0) is 0 Å². The number of para-hydroxylation sites is 1. The Morgan fingerprint density at radius 1 is 1.33 bits per heavy atom. The lowest BCUT2D eigenvalue weighted by atomic mass is 10.0. The van der Waals surface area contributed by atoms with Crippen LogP contribution in [-0.4, -0.2) is 18.3 Å². The zero-order valence-electron chi connectivity index (χ0n) is 8.39. The fourth-order valence-corrected chi connectivity index (χ4v) is 2.53. The molecule has 1 aromatic rings. The van der Waals surface area contributed by atoms with Gasteiger partial charge in [-0.3, -0.25) is 4.99 Å². The van der Waals surface area contributed by atoms with E-state index in [1.807, 2.05) is 6.08 Å². The predicted octanol–water partition coefficient (Wildman–Crippen LogP) is 2.75. The molecule has 15 heavy (non-hydrogen) atoms. The minimum Gasteiger partial charge on any atom is -0.365 e. The van der Waals surface area contributed by atoms with Crippen molar-refractivity contribution in [2.24, 2.45) is 4.99 Å². The summed E-state index contributed by atoms with van der Waals surface area (Å²) in [6.07, 6.45) is 4.01. The van der Waals surface area contributed by atoms with Crippen LogP contribution in [0.25, 0.3) is 0 Å². The van der Waals surface area contributed by atoms with E-state index in [-0.39, 0.29) is 6.04 Å². The Bertz CT molecular complexity index is 464. The number of allylic oxidation sites excluding steroid dienone is 1. The number of rotatable bonds is 0. The molecule has 2 heterocycles. The van der Waals surface area contributed by atoms with Crippen LogP contribution >= 0.6 is 11.6 Å². The van der Waals surface area contributed by atoms with E-state index in [0.29, 0.717) is 11.2 Å².